The summed E-state index contributed by atoms with van der Waals surface area (Å²) in [6.07, 6.45) is 1.46. The van der Waals surface area contributed by atoms with Gasteiger partial charge in [0, 0.05) is 13.2 Å². The number of rotatable bonds is 8. The Bertz CT molecular complexity index is 126. The molecule has 0 saturated heterocycles. The van der Waals surface area contributed by atoms with Crippen LogP contribution in [0, 0.1) is 5.92 Å². The highest BCUT2D eigenvalue weighted by molar-refractivity contribution is 4.64. The van der Waals surface area contributed by atoms with Crippen molar-refractivity contribution in [2.24, 2.45) is 5.92 Å². The topological polar surface area (TPSA) is 24.5 Å². The van der Waals surface area contributed by atoms with Crippen molar-refractivity contribution in [1.82, 2.24) is 10.2 Å². The molecule has 0 aliphatic rings. The maximum Gasteiger partial charge on any atom is 0.0722 e. The summed E-state index contributed by atoms with van der Waals surface area (Å²) in [6.45, 7) is 7.31. The van der Waals surface area contributed by atoms with Gasteiger partial charge in [0.05, 0.1) is 6.10 Å². The summed E-state index contributed by atoms with van der Waals surface area (Å²) in [5.74, 6) is 0.585. The first-order valence-corrected chi connectivity index (χ1v) is 5.48. The summed E-state index contributed by atoms with van der Waals surface area (Å²) in [7, 11) is 6.15. The van der Waals surface area contributed by atoms with Crippen molar-refractivity contribution < 1.29 is 4.74 Å². The molecule has 0 bridgehead atoms. The second-order valence-corrected chi connectivity index (χ2v) is 4.37. The molecule has 0 amide bonds. The van der Waals surface area contributed by atoms with Gasteiger partial charge in [-0.1, -0.05) is 13.8 Å². The molecular weight excluding hydrogens is 176 g/mol. The normalized spacial score (nSPS) is 13.9. The monoisotopic (exact) mass is 202 g/mol. The van der Waals surface area contributed by atoms with Crippen molar-refractivity contribution in [3.63, 3.8) is 0 Å². The van der Waals surface area contributed by atoms with Gasteiger partial charge in [0.15, 0.2) is 0 Å². The Morgan fingerprint density at radius 3 is 2.36 bits per heavy atom. The van der Waals surface area contributed by atoms with Crippen molar-refractivity contribution in [2.45, 2.75) is 26.4 Å². The maximum absolute atomic E-state index is 5.81. The van der Waals surface area contributed by atoms with E-state index < -0.39 is 0 Å². The molecule has 3 heteroatoms. The van der Waals surface area contributed by atoms with Gasteiger partial charge in [0.25, 0.3) is 0 Å². The smallest absolute Gasteiger partial charge is 0.0722 e. The highest BCUT2D eigenvalue weighted by atomic mass is 16.5. The van der Waals surface area contributed by atoms with Gasteiger partial charge in [-0.15, -0.1) is 0 Å². The van der Waals surface area contributed by atoms with Crippen LogP contribution in [0.2, 0.25) is 0 Å². The fourth-order valence-electron chi connectivity index (χ4n) is 1.30. The second kappa shape index (κ2) is 8.21. The van der Waals surface area contributed by atoms with Gasteiger partial charge < -0.3 is 15.0 Å². The van der Waals surface area contributed by atoms with Crippen molar-refractivity contribution >= 4 is 0 Å². The van der Waals surface area contributed by atoms with Crippen LogP contribution in [0.15, 0.2) is 0 Å². The average Bonchev–Trinajstić information content (AvgIpc) is 2.09. The molecule has 0 heterocycles. The summed E-state index contributed by atoms with van der Waals surface area (Å²) in [5.41, 5.74) is 0. The zero-order valence-electron chi connectivity index (χ0n) is 10.3. The number of ether oxygens (including phenoxy) is 1. The number of hydrogen-bond acceptors (Lipinski definition) is 3. The van der Waals surface area contributed by atoms with Crippen LogP contribution >= 0.6 is 0 Å². The van der Waals surface area contributed by atoms with Crippen LogP contribution in [0.4, 0.5) is 0 Å². The molecule has 3 nitrogen and oxygen atoms in total. The second-order valence-electron chi connectivity index (χ2n) is 4.37. The highest BCUT2D eigenvalue weighted by Crippen LogP contribution is 2.05. The van der Waals surface area contributed by atoms with E-state index in [0.717, 1.165) is 26.1 Å². The predicted octanol–water partition coefficient (Wildman–Crippen LogP) is 1.20. The maximum atomic E-state index is 5.81. The SMILES string of the molecule is CNCC(OCCCN(C)C)C(C)C. The number of nitrogens with zero attached hydrogens (tertiary/aromatic N) is 1. The Kier molecular flexibility index (Phi) is 8.14. The summed E-state index contributed by atoms with van der Waals surface area (Å²) >= 11 is 0. The van der Waals surface area contributed by atoms with E-state index in [-0.39, 0.29) is 0 Å². The summed E-state index contributed by atoms with van der Waals surface area (Å²) in [4.78, 5) is 2.19. The third kappa shape index (κ3) is 7.30. The van der Waals surface area contributed by atoms with Crippen molar-refractivity contribution in [2.75, 3.05) is 40.8 Å². The molecule has 0 aromatic rings. The van der Waals surface area contributed by atoms with Crippen LogP contribution in [0.1, 0.15) is 20.3 Å². The first-order valence-electron chi connectivity index (χ1n) is 5.48. The third-order valence-electron chi connectivity index (χ3n) is 2.23. The molecule has 0 aromatic heterocycles. The quantitative estimate of drug-likeness (QED) is 0.599. The molecule has 0 radical (unpaired) electrons. The minimum Gasteiger partial charge on any atom is -0.377 e. The molecular formula is C11H26N2O. The fourth-order valence-corrected chi connectivity index (χ4v) is 1.30. The number of nitrogens with one attached hydrogen (secondary N) is 1. The van der Waals surface area contributed by atoms with Crippen molar-refractivity contribution in [1.29, 1.82) is 0 Å². The lowest BCUT2D eigenvalue weighted by Crippen LogP contribution is -2.32. The summed E-state index contributed by atoms with van der Waals surface area (Å²) in [6, 6.07) is 0. The van der Waals surface area contributed by atoms with E-state index >= 15 is 0 Å². The number of likely N-dealkylation sites (N-methyl/N-ethyl adjacent to an activating group) is 1. The van der Waals surface area contributed by atoms with Gasteiger partial charge in [-0.2, -0.15) is 0 Å². The van der Waals surface area contributed by atoms with Crippen LogP contribution in [-0.2, 0) is 4.74 Å². The zero-order chi connectivity index (χ0) is 11.0. The molecule has 0 fully saturated rings. The van der Waals surface area contributed by atoms with Crippen LogP contribution in [-0.4, -0.2) is 51.8 Å². The molecule has 0 rings (SSSR count). The molecule has 1 atom stereocenters. The fraction of sp³-hybridized carbons (Fsp3) is 1.00. The molecule has 0 aliphatic carbocycles. The lowest BCUT2D eigenvalue weighted by atomic mass is 10.1. The molecule has 1 unspecified atom stereocenters. The molecule has 0 aliphatic heterocycles. The molecule has 0 spiro atoms. The van der Waals surface area contributed by atoms with Crippen LogP contribution in [0.3, 0.4) is 0 Å². The molecule has 0 aromatic carbocycles. The minimum absolute atomic E-state index is 0.349. The van der Waals surface area contributed by atoms with E-state index in [4.69, 9.17) is 4.74 Å². The first-order chi connectivity index (χ1) is 6.57. The number of hydrogen-bond donors (Lipinski definition) is 1. The predicted molar refractivity (Wildman–Crippen MR) is 61.7 cm³/mol. The van der Waals surface area contributed by atoms with E-state index in [9.17, 15) is 0 Å². The van der Waals surface area contributed by atoms with E-state index in [1.54, 1.807) is 0 Å². The molecule has 0 saturated carbocycles. The van der Waals surface area contributed by atoms with Gasteiger partial charge in [-0.25, -0.2) is 0 Å². The van der Waals surface area contributed by atoms with Gasteiger partial charge in [-0.05, 0) is 40.0 Å². The van der Waals surface area contributed by atoms with Crippen molar-refractivity contribution in [3.8, 4) is 0 Å². The average molecular weight is 202 g/mol. The lowest BCUT2D eigenvalue weighted by molar-refractivity contribution is 0.0207. The highest BCUT2D eigenvalue weighted by Gasteiger charge is 2.11. The molecule has 86 valence electrons. The van der Waals surface area contributed by atoms with Gasteiger partial charge >= 0.3 is 0 Å². The Balaban J connectivity index is 3.50. The van der Waals surface area contributed by atoms with E-state index in [0.29, 0.717) is 12.0 Å². The first kappa shape index (κ1) is 13.9. The van der Waals surface area contributed by atoms with E-state index in [1.165, 1.54) is 0 Å². The van der Waals surface area contributed by atoms with Crippen molar-refractivity contribution in [3.05, 3.63) is 0 Å². The summed E-state index contributed by atoms with van der Waals surface area (Å²) < 4.78 is 5.81. The lowest BCUT2D eigenvalue weighted by Gasteiger charge is -2.21. The van der Waals surface area contributed by atoms with E-state index in [2.05, 4.69) is 38.2 Å². The Labute approximate surface area is 88.8 Å². The van der Waals surface area contributed by atoms with Gasteiger partial charge in [0.2, 0.25) is 0 Å². The standard InChI is InChI=1S/C11H26N2O/c1-10(2)11(9-12-3)14-8-6-7-13(4)5/h10-12H,6-9H2,1-5H3. The van der Waals surface area contributed by atoms with Crippen LogP contribution < -0.4 is 5.32 Å². The Morgan fingerprint density at radius 1 is 1.29 bits per heavy atom. The minimum atomic E-state index is 0.349. The Morgan fingerprint density at radius 2 is 1.93 bits per heavy atom. The van der Waals surface area contributed by atoms with Crippen LogP contribution in [0.25, 0.3) is 0 Å². The largest absolute Gasteiger partial charge is 0.377 e. The Hall–Kier alpha value is -0.120. The summed E-state index contributed by atoms with van der Waals surface area (Å²) in [5, 5.41) is 3.16. The molecule has 14 heavy (non-hydrogen) atoms. The molecule has 1 N–H and O–H groups in total. The zero-order valence-corrected chi connectivity index (χ0v) is 10.3. The van der Waals surface area contributed by atoms with Gasteiger partial charge in [0.1, 0.15) is 0 Å². The van der Waals surface area contributed by atoms with Gasteiger partial charge in [-0.3, -0.25) is 0 Å². The van der Waals surface area contributed by atoms with Crippen LogP contribution in [0.5, 0.6) is 0 Å². The van der Waals surface area contributed by atoms with E-state index in [1.807, 2.05) is 7.05 Å². The third-order valence-corrected chi connectivity index (χ3v) is 2.23.